The van der Waals surface area contributed by atoms with Crippen molar-refractivity contribution in [1.82, 2.24) is 5.32 Å². The molecule has 1 amide bonds. The zero-order valence-corrected chi connectivity index (χ0v) is 63.3. The number of carbonyl (C=O) groups excluding carboxylic acids is 1. The van der Waals surface area contributed by atoms with Crippen LogP contribution in [0, 0.1) is 0 Å². The van der Waals surface area contributed by atoms with Crippen LogP contribution in [0.4, 0.5) is 0 Å². The third-order valence-corrected chi connectivity index (χ3v) is 19.3. The highest BCUT2D eigenvalue weighted by Gasteiger charge is 2.54. The molecule has 0 saturated carbocycles. The fraction of sp³-hybridized carbons (Fsp3) is 0.750. The standard InChI is InChI=1S/C84H143NO18/c1-3-5-7-9-11-13-15-17-19-21-23-25-26-27-28-29-30-31-32-33-34-35-36-37-38-39-40-42-44-46-48-50-52-54-56-58-60-62-72(90)85-67(68(89)61-59-57-55-53-51-49-47-45-43-41-24-22-20-18-16-14-12-10-8-6-4-2)66-98-82-78(96)75(93)80(70(64-87)100-82)103-84-79(97)76(94)81(71(65-88)101-84)102-83-77(95)74(92)73(91)69(63-86)99-83/h5,7,11,13,17,19,23,25,27-28,30-31,33-34,36-37,39-40,44,46,67-71,73-84,86-89,91-97H,3-4,6,8-10,12,14-16,18,20-22,24,26,29,32,35,38,41-43,45,47-66H2,1-2H3,(H,85,90)/b7-5-,13-11-,19-17-,25-23-,28-27-,31-30-,34-33-,37-36-,40-39-,46-44-. The van der Waals surface area contributed by atoms with Gasteiger partial charge in [0, 0.05) is 6.42 Å². The van der Waals surface area contributed by atoms with Crippen molar-refractivity contribution in [2.24, 2.45) is 0 Å². The SMILES string of the molecule is CC/C=C\C/C=C\C/C=C\C/C=C\C/C=C\C/C=C\C/C=C\C/C=C\C/C=C\C/C=C\CCCCCCCCC(=O)NC(COC1OC(CO)C(OC2OC(CO)C(OC3OC(CO)C(O)C(O)C3O)C(O)C2O)C(O)C1O)C(O)CCCCCCCCCCCCCCCCCCCCCCC. The van der Waals surface area contributed by atoms with Crippen LogP contribution in [-0.4, -0.2) is 193 Å². The number of amides is 1. The van der Waals surface area contributed by atoms with E-state index in [0.717, 1.165) is 128 Å². The monoisotopic (exact) mass is 1450 g/mol. The largest absolute Gasteiger partial charge is 0.394 e. The molecule has 0 aromatic carbocycles. The van der Waals surface area contributed by atoms with Crippen LogP contribution in [0.5, 0.6) is 0 Å². The molecule has 12 N–H and O–H groups in total. The van der Waals surface area contributed by atoms with Crippen LogP contribution in [0.3, 0.4) is 0 Å². The first-order valence-electron chi connectivity index (χ1n) is 40.3. The average molecular weight is 1460 g/mol. The van der Waals surface area contributed by atoms with E-state index in [-0.39, 0.29) is 18.9 Å². The number of allylic oxidation sites excluding steroid dienone is 20. The van der Waals surface area contributed by atoms with Crippen LogP contribution in [0.2, 0.25) is 0 Å². The molecule has 0 bridgehead atoms. The lowest BCUT2D eigenvalue weighted by molar-refractivity contribution is -0.379. The number of unbranched alkanes of at least 4 members (excludes halogenated alkanes) is 26. The van der Waals surface area contributed by atoms with Crippen LogP contribution < -0.4 is 5.32 Å². The maximum Gasteiger partial charge on any atom is 0.220 e. The first-order valence-corrected chi connectivity index (χ1v) is 40.3. The first kappa shape index (κ1) is 93.4. The molecule has 17 unspecified atom stereocenters. The van der Waals surface area contributed by atoms with Gasteiger partial charge in [-0.05, 0) is 89.9 Å². The number of ether oxygens (including phenoxy) is 6. The Bertz CT molecular complexity index is 2330. The predicted molar refractivity (Wildman–Crippen MR) is 410 cm³/mol. The maximum absolute atomic E-state index is 13.5. The van der Waals surface area contributed by atoms with Gasteiger partial charge in [-0.1, -0.05) is 296 Å². The highest BCUT2D eigenvalue weighted by Crippen LogP contribution is 2.33. The van der Waals surface area contributed by atoms with Gasteiger partial charge in [0.05, 0.1) is 38.6 Å². The van der Waals surface area contributed by atoms with Crippen molar-refractivity contribution in [3.05, 3.63) is 122 Å². The van der Waals surface area contributed by atoms with Crippen LogP contribution in [0.25, 0.3) is 0 Å². The second kappa shape index (κ2) is 63.2. The van der Waals surface area contributed by atoms with Gasteiger partial charge in [0.15, 0.2) is 18.9 Å². The van der Waals surface area contributed by atoms with E-state index >= 15 is 0 Å². The number of hydrogen-bond donors (Lipinski definition) is 12. The van der Waals surface area contributed by atoms with Crippen molar-refractivity contribution in [2.75, 3.05) is 26.4 Å². The molecule has 0 radical (unpaired) electrons. The number of hydrogen-bond acceptors (Lipinski definition) is 18. The number of aliphatic hydroxyl groups is 11. The summed E-state index contributed by atoms with van der Waals surface area (Å²) in [6.07, 6.45) is 61.3. The minimum absolute atomic E-state index is 0.242. The van der Waals surface area contributed by atoms with E-state index in [0.29, 0.717) is 12.8 Å². The van der Waals surface area contributed by atoms with Crippen LogP contribution in [0.1, 0.15) is 271 Å². The Kier molecular flexibility index (Phi) is 57.3. The van der Waals surface area contributed by atoms with Gasteiger partial charge in [-0.2, -0.15) is 0 Å². The Labute approximate surface area is 620 Å². The Morgan fingerprint density at radius 2 is 0.670 bits per heavy atom. The Morgan fingerprint density at radius 1 is 0.359 bits per heavy atom. The molecule has 0 spiro atoms. The molecule has 103 heavy (non-hydrogen) atoms. The maximum atomic E-state index is 13.5. The normalized spacial score (nSPS) is 26.7. The van der Waals surface area contributed by atoms with Crippen molar-refractivity contribution in [3.63, 3.8) is 0 Å². The van der Waals surface area contributed by atoms with E-state index in [1.807, 2.05) is 0 Å². The molecule has 3 aliphatic heterocycles. The smallest absolute Gasteiger partial charge is 0.220 e. The zero-order valence-electron chi connectivity index (χ0n) is 63.3. The van der Waals surface area contributed by atoms with Crippen molar-refractivity contribution in [1.29, 1.82) is 0 Å². The Hall–Kier alpha value is -3.81. The molecule has 3 saturated heterocycles. The average Bonchev–Trinajstić information content (AvgIpc) is 0.781. The summed E-state index contributed by atoms with van der Waals surface area (Å²) in [6.45, 7) is 1.69. The fourth-order valence-electron chi connectivity index (χ4n) is 12.9. The van der Waals surface area contributed by atoms with Crippen molar-refractivity contribution in [3.8, 4) is 0 Å². The second-order valence-corrected chi connectivity index (χ2v) is 28.2. The van der Waals surface area contributed by atoms with Gasteiger partial charge >= 0.3 is 0 Å². The van der Waals surface area contributed by atoms with Crippen LogP contribution >= 0.6 is 0 Å². The first-order chi connectivity index (χ1) is 50.3. The highest BCUT2D eigenvalue weighted by atomic mass is 16.8. The van der Waals surface area contributed by atoms with Crippen LogP contribution in [-0.2, 0) is 33.2 Å². The molecule has 19 nitrogen and oxygen atoms in total. The molecular weight excluding hydrogens is 1310 g/mol. The molecule has 3 fully saturated rings. The molecule has 0 aromatic rings. The summed E-state index contributed by atoms with van der Waals surface area (Å²) in [7, 11) is 0. The van der Waals surface area contributed by atoms with Gasteiger partial charge in [0.25, 0.3) is 0 Å². The number of rotatable bonds is 62. The lowest BCUT2D eigenvalue weighted by Crippen LogP contribution is -2.66. The molecule has 17 atom stereocenters. The van der Waals surface area contributed by atoms with E-state index in [2.05, 4.69) is 141 Å². The third kappa shape index (κ3) is 43.1. The summed E-state index contributed by atoms with van der Waals surface area (Å²) in [5.41, 5.74) is 0. The van der Waals surface area contributed by atoms with E-state index in [4.69, 9.17) is 28.4 Å². The van der Waals surface area contributed by atoms with Gasteiger partial charge in [0.2, 0.25) is 5.91 Å². The summed E-state index contributed by atoms with van der Waals surface area (Å²) in [6, 6.07) is -0.906. The second-order valence-electron chi connectivity index (χ2n) is 28.2. The number of nitrogens with one attached hydrogen (secondary N) is 1. The summed E-state index contributed by atoms with van der Waals surface area (Å²) >= 11 is 0. The molecule has 3 heterocycles. The molecule has 3 rings (SSSR count). The lowest BCUT2D eigenvalue weighted by Gasteiger charge is -2.48. The van der Waals surface area contributed by atoms with Gasteiger partial charge in [-0.3, -0.25) is 4.79 Å². The van der Waals surface area contributed by atoms with E-state index in [9.17, 15) is 61.0 Å². The molecule has 3 aliphatic rings. The van der Waals surface area contributed by atoms with Gasteiger partial charge in [-0.25, -0.2) is 0 Å². The van der Waals surface area contributed by atoms with Crippen molar-refractivity contribution in [2.45, 2.75) is 375 Å². The third-order valence-electron chi connectivity index (χ3n) is 19.3. The van der Waals surface area contributed by atoms with Crippen LogP contribution in [0.15, 0.2) is 122 Å². The quantitative estimate of drug-likeness (QED) is 0.0199. The van der Waals surface area contributed by atoms with Crippen molar-refractivity contribution < 1.29 is 89.4 Å². The molecule has 19 heteroatoms. The van der Waals surface area contributed by atoms with E-state index < -0.39 is 124 Å². The van der Waals surface area contributed by atoms with Gasteiger partial charge < -0.3 is 89.9 Å². The van der Waals surface area contributed by atoms with E-state index in [1.165, 1.54) is 109 Å². The number of aliphatic hydroxyl groups excluding tert-OH is 11. The van der Waals surface area contributed by atoms with Gasteiger partial charge in [-0.15, -0.1) is 0 Å². The zero-order chi connectivity index (χ0) is 74.6. The topological polar surface area (TPSA) is 307 Å². The molecule has 592 valence electrons. The minimum Gasteiger partial charge on any atom is -0.394 e. The van der Waals surface area contributed by atoms with E-state index in [1.54, 1.807) is 0 Å². The summed E-state index contributed by atoms with van der Waals surface area (Å²) in [5.74, 6) is -0.260. The molecular formula is C84H143NO18. The minimum atomic E-state index is -1.98. The number of carbonyl (C=O) groups is 1. The van der Waals surface area contributed by atoms with Gasteiger partial charge in [0.1, 0.15) is 73.2 Å². The summed E-state index contributed by atoms with van der Waals surface area (Å²) < 4.78 is 34.5. The predicted octanol–water partition coefficient (Wildman–Crippen LogP) is 13.5. The molecule has 0 aromatic heterocycles. The van der Waals surface area contributed by atoms with Crippen molar-refractivity contribution >= 4 is 5.91 Å². The Morgan fingerprint density at radius 3 is 1.05 bits per heavy atom. The lowest BCUT2D eigenvalue weighted by atomic mass is 9.96. The summed E-state index contributed by atoms with van der Waals surface area (Å²) in [4.78, 5) is 13.5. The molecule has 0 aliphatic carbocycles. The fourth-order valence-corrected chi connectivity index (χ4v) is 12.9. The highest BCUT2D eigenvalue weighted by molar-refractivity contribution is 5.76. The Balaban J connectivity index is 1.37. The summed E-state index contributed by atoms with van der Waals surface area (Å²) in [5, 5.41) is 121.